The third-order valence-electron chi connectivity index (χ3n) is 5.16. The van der Waals surface area contributed by atoms with Crippen LogP contribution in [0, 0.1) is 5.82 Å². The zero-order valence-corrected chi connectivity index (χ0v) is 16.6. The van der Waals surface area contributed by atoms with Crippen LogP contribution in [0.2, 0.25) is 0 Å². The minimum absolute atomic E-state index is 0.428. The first kappa shape index (κ1) is 21.0. The summed E-state index contributed by atoms with van der Waals surface area (Å²) in [4.78, 5) is 2.52. The van der Waals surface area contributed by atoms with Gasteiger partial charge in [-0.3, -0.25) is 0 Å². The van der Waals surface area contributed by atoms with Crippen molar-refractivity contribution in [3.63, 3.8) is 0 Å². The number of halogens is 4. The van der Waals surface area contributed by atoms with Crippen LogP contribution in [0.3, 0.4) is 0 Å². The molecule has 0 saturated carbocycles. The molecule has 0 radical (unpaired) electrons. The van der Waals surface area contributed by atoms with E-state index in [2.05, 4.69) is 0 Å². The quantitative estimate of drug-likeness (QED) is 0.664. The standard InChI is InChI=1S/C21H23F4NOS/c1-19(2,15-7-9-16(22)10-8-15)13-20(27,21(23,24)25)14-26-11-12-28-18-6-4-3-5-17(18)26/h3-10,27H,11-14H2,1-2H3. The zero-order chi connectivity index (χ0) is 20.6. The minimum atomic E-state index is -4.80. The third-order valence-corrected chi connectivity index (χ3v) is 6.21. The van der Waals surface area contributed by atoms with Gasteiger partial charge in [-0.25, -0.2) is 4.39 Å². The van der Waals surface area contributed by atoms with Gasteiger partial charge in [0.05, 0.1) is 12.2 Å². The maximum Gasteiger partial charge on any atom is 0.418 e. The van der Waals surface area contributed by atoms with Gasteiger partial charge in [0, 0.05) is 17.2 Å². The fourth-order valence-electron chi connectivity index (χ4n) is 3.69. The summed E-state index contributed by atoms with van der Waals surface area (Å²) in [5.74, 6) is 0.208. The van der Waals surface area contributed by atoms with Gasteiger partial charge in [0.25, 0.3) is 0 Å². The molecule has 0 aliphatic carbocycles. The van der Waals surface area contributed by atoms with Crippen LogP contribution < -0.4 is 4.90 Å². The summed E-state index contributed by atoms with van der Waals surface area (Å²) in [6.45, 7) is 3.16. The van der Waals surface area contributed by atoms with Crippen molar-refractivity contribution in [1.82, 2.24) is 0 Å². The van der Waals surface area contributed by atoms with Gasteiger partial charge in [0.2, 0.25) is 0 Å². The summed E-state index contributed by atoms with van der Waals surface area (Å²) in [6.07, 6.45) is -5.33. The van der Waals surface area contributed by atoms with Crippen molar-refractivity contribution in [2.45, 2.75) is 42.4 Å². The van der Waals surface area contributed by atoms with Crippen LogP contribution in [0.15, 0.2) is 53.4 Å². The molecular formula is C21H23F4NOS. The number of thioether (sulfide) groups is 1. The van der Waals surface area contributed by atoms with Gasteiger partial charge in [0.15, 0.2) is 5.60 Å². The Morgan fingerprint density at radius 3 is 2.32 bits per heavy atom. The Bertz CT molecular complexity index is 822. The summed E-state index contributed by atoms with van der Waals surface area (Å²) in [5.41, 5.74) is -2.64. The largest absolute Gasteiger partial charge is 0.418 e. The Kier molecular flexibility index (Phi) is 5.69. The van der Waals surface area contributed by atoms with Gasteiger partial charge in [-0.05, 0) is 41.7 Å². The van der Waals surface area contributed by atoms with Crippen LogP contribution in [0.1, 0.15) is 25.8 Å². The summed E-state index contributed by atoms with van der Waals surface area (Å²) >= 11 is 1.60. The zero-order valence-electron chi connectivity index (χ0n) is 15.8. The van der Waals surface area contributed by atoms with E-state index in [1.54, 1.807) is 42.6 Å². The van der Waals surface area contributed by atoms with Crippen molar-refractivity contribution in [3.05, 3.63) is 59.9 Å². The summed E-state index contributed by atoms with van der Waals surface area (Å²) in [6, 6.07) is 12.7. The van der Waals surface area contributed by atoms with Crippen molar-refractivity contribution in [3.8, 4) is 0 Å². The fourth-order valence-corrected chi connectivity index (χ4v) is 4.74. The average Bonchev–Trinajstić information content (AvgIpc) is 2.61. The van der Waals surface area contributed by atoms with Crippen LogP contribution in [-0.4, -0.2) is 35.7 Å². The molecule has 1 aliphatic rings. The maximum atomic E-state index is 14.0. The number of hydrogen-bond acceptors (Lipinski definition) is 3. The van der Waals surface area contributed by atoms with Gasteiger partial charge in [-0.15, -0.1) is 11.8 Å². The van der Waals surface area contributed by atoms with Gasteiger partial charge < -0.3 is 10.0 Å². The van der Waals surface area contributed by atoms with E-state index in [0.717, 1.165) is 4.90 Å². The summed E-state index contributed by atoms with van der Waals surface area (Å²) in [7, 11) is 0. The number of β-amino-alcohol motifs (C(OH)–C–C–N with tert-alkyl or cyclic N) is 1. The molecule has 0 spiro atoms. The molecule has 1 atom stereocenters. The Morgan fingerprint density at radius 2 is 1.68 bits per heavy atom. The fraction of sp³-hybridized carbons (Fsp3) is 0.429. The van der Waals surface area contributed by atoms with E-state index in [0.29, 0.717) is 23.5 Å². The van der Waals surface area contributed by atoms with Gasteiger partial charge in [0.1, 0.15) is 5.82 Å². The lowest BCUT2D eigenvalue weighted by molar-refractivity contribution is -0.262. The van der Waals surface area contributed by atoms with Crippen LogP contribution in [-0.2, 0) is 5.41 Å². The number of alkyl halides is 3. The second-order valence-electron chi connectivity index (χ2n) is 7.83. The first-order chi connectivity index (χ1) is 13.0. The first-order valence-corrected chi connectivity index (χ1v) is 10.0. The number of nitrogens with zero attached hydrogens (tertiary/aromatic N) is 1. The molecule has 1 heterocycles. The molecule has 0 saturated heterocycles. The lowest BCUT2D eigenvalue weighted by Crippen LogP contribution is -2.57. The summed E-state index contributed by atoms with van der Waals surface area (Å²) < 4.78 is 55.2. The molecule has 28 heavy (non-hydrogen) atoms. The van der Waals surface area contributed by atoms with Crippen LogP contribution >= 0.6 is 11.8 Å². The van der Waals surface area contributed by atoms with Crippen LogP contribution in [0.25, 0.3) is 0 Å². The number of fused-ring (bicyclic) bond motifs is 1. The number of benzene rings is 2. The number of anilines is 1. The lowest BCUT2D eigenvalue weighted by Gasteiger charge is -2.42. The Hall–Kier alpha value is -1.73. The first-order valence-electron chi connectivity index (χ1n) is 9.04. The topological polar surface area (TPSA) is 23.5 Å². The van der Waals surface area contributed by atoms with E-state index >= 15 is 0 Å². The van der Waals surface area contributed by atoms with Crippen molar-refractivity contribution in [2.24, 2.45) is 0 Å². The van der Waals surface area contributed by atoms with Gasteiger partial charge in [-0.2, -0.15) is 13.2 Å². The monoisotopic (exact) mass is 413 g/mol. The highest BCUT2D eigenvalue weighted by molar-refractivity contribution is 7.99. The van der Waals surface area contributed by atoms with Crippen molar-refractivity contribution >= 4 is 17.4 Å². The molecular weight excluding hydrogens is 390 g/mol. The Labute approximate surface area is 166 Å². The molecule has 2 nitrogen and oxygen atoms in total. The number of hydrogen-bond donors (Lipinski definition) is 1. The van der Waals surface area contributed by atoms with Gasteiger partial charge in [-0.1, -0.05) is 38.1 Å². The van der Waals surface area contributed by atoms with Gasteiger partial charge >= 0.3 is 6.18 Å². The molecule has 0 amide bonds. The average molecular weight is 413 g/mol. The predicted octanol–water partition coefficient (Wildman–Crippen LogP) is 5.40. The molecule has 7 heteroatoms. The molecule has 0 bridgehead atoms. The summed E-state index contributed by atoms with van der Waals surface area (Å²) in [5, 5.41) is 10.8. The minimum Gasteiger partial charge on any atom is -0.379 e. The second-order valence-corrected chi connectivity index (χ2v) is 8.97. The molecule has 1 unspecified atom stereocenters. The third kappa shape index (κ3) is 4.30. The maximum absolute atomic E-state index is 14.0. The molecule has 1 N–H and O–H groups in total. The SMILES string of the molecule is CC(C)(CC(O)(CN1CCSc2ccccc21)C(F)(F)F)c1ccc(F)cc1. The highest BCUT2D eigenvalue weighted by Gasteiger charge is 2.56. The van der Waals surface area contributed by atoms with Crippen LogP contribution in [0.5, 0.6) is 0 Å². The van der Waals surface area contributed by atoms with E-state index in [4.69, 9.17) is 0 Å². The van der Waals surface area contributed by atoms with Crippen molar-refractivity contribution < 1.29 is 22.7 Å². The molecule has 0 aromatic heterocycles. The molecule has 1 aliphatic heterocycles. The second kappa shape index (κ2) is 7.59. The lowest BCUT2D eigenvalue weighted by atomic mass is 9.74. The van der Waals surface area contributed by atoms with E-state index in [1.165, 1.54) is 24.3 Å². The van der Waals surface area contributed by atoms with Crippen molar-refractivity contribution in [1.29, 1.82) is 0 Å². The molecule has 2 aromatic carbocycles. The number of rotatable bonds is 5. The van der Waals surface area contributed by atoms with E-state index in [1.807, 2.05) is 12.1 Å². The Balaban J connectivity index is 1.90. The van der Waals surface area contributed by atoms with E-state index in [-0.39, 0.29) is 0 Å². The van der Waals surface area contributed by atoms with Crippen molar-refractivity contribution in [2.75, 3.05) is 23.7 Å². The number of aliphatic hydroxyl groups is 1. The molecule has 0 fully saturated rings. The predicted molar refractivity (Wildman–Crippen MR) is 104 cm³/mol. The highest BCUT2D eigenvalue weighted by atomic mass is 32.2. The number of para-hydroxylation sites is 1. The molecule has 152 valence electrons. The highest BCUT2D eigenvalue weighted by Crippen LogP contribution is 2.43. The Morgan fingerprint density at radius 1 is 1.04 bits per heavy atom. The smallest absolute Gasteiger partial charge is 0.379 e. The van der Waals surface area contributed by atoms with Crippen LogP contribution in [0.4, 0.5) is 23.2 Å². The molecule has 3 rings (SSSR count). The van der Waals surface area contributed by atoms with E-state index in [9.17, 15) is 22.7 Å². The normalized spacial score (nSPS) is 17.2. The molecule has 2 aromatic rings. The van der Waals surface area contributed by atoms with E-state index < -0.39 is 36.0 Å².